The van der Waals surface area contributed by atoms with Crippen molar-refractivity contribution >= 4 is 29.2 Å². The van der Waals surface area contributed by atoms with Crippen molar-refractivity contribution in [3.63, 3.8) is 0 Å². The molecule has 0 radical (unpaired) electrons. The normalized spacial score (nSPS) is 14.2. The first-order valence-electron chi connectivity index (χ1n) is 7.43. The fourth-order valence-corrected chi connectivity index (χ4v) is 2.61. The molecular formula is C16H19ClN2O5. The van der Waals surface area contributed by atoms with Gasteiger partial charge in [0.1, 0.15) is 5.70 Å². The number of carbonyl (C=O) groups is 2. The van der Waals surface area contributed by atoms with E-state index in [1.165, 1.54) is 12.0 Å². The van der Waals surface area contributed by atoms with Crippen LogP contribution in [0.4, 0.5) is 5.69 Å². The maximum atomic E-state index is 12.5. The minimum atomic E-state index is -0.605. The number of hydrogen-bond donors (Lipinski definition) is 2. The molecule has 0 spiro atoms. The summed E-state index contributed by atoms with van der Waals surface area (Å²) in [5.74, 6) is -0.607. The van der Waals surface area contributed by atoms with Crippen molar-refractivity contribution in [2.45, 2.75) is 6.92 Å². The van der Waals surface area contributed by atoms with E-state index in [0.29, 0.717) is 23.1 Å². The van der Waals surface area contributed by atoms with E-state index in [0.717, 1.165) is 0 Å². The Balaban J connectivity index is 2.39. The number of para-hydroxylation sites is 1. The highest BCUT2D eigenvalue weighted by Crippen LogP contribution is 2.35. The smallest absolute Gasteiger partial charge is 0.337 e. The van der Waals surface area contributed by atoms with Gasteiger partial charge in [0, 0.05) is 6.54 Å². The molecule has 0 bridgehead atoms. The maximum absolute atomic E-state index is 12.5. The summed E-state index contributed by atoms with van der Waals surface area (Å²) in [6.45, 7) is 2.20. The summed E-state index contributed by atoms with van der Waals surface area (Å²) in [4.78, 5) is 25.8. The second-order valence-electron chi connectivity index (χ2n) is 4.97. The van der Waals surface area contributed by atoms with Gasteiger partial charge < -0.3 is 24.8 Å². The zero-order valence-electron chi connectivity index (χ0n) is 13.5. The molecule has 0 unspecified atom stereocenters. The molecule has 0 saturated heterocycles. The highest BCUT2D eigenvalue weighted by Gasteiger charge is 2.34. The summed E-state index contributed by atoms with van der Waals surface area (Å²) < 4.78 is 10.3. The Morgan fingerprint density at radius 3 is 2.83 bits per heavy atom. The minimum absolute atomic E-state index is 0.0684. The fourth-order valence-electron chi connectivity index (χ4n) is 2.38. The maximum Gasteiger partial charge on any atom is 0.337 e. The van der Waals surface area contributed by atoms with Crippen LogP contribution in [0, 0.1) is 0 Å². The van der Waals surface area contributed by atoms with Crippen LogP contribution in [0.1, 0.15) is 6.92 Å². The quantitative estimate of drug-likeness (QED) is 0.720. The first-order chi connectivity index (χ1) is 11.5. The number of benzene rings is 1. The minimum Gasteiger partial charge on any atom is -0.490 e. The second-order valence-corrected chi connectivity index (χ2v) is 5.38. The molecule has 0 saturated carbocycles. The van der Waals surface area contributed by atoms with E-state index >= 15 is 0 Å². The third-order valence-corrected chi connectivity index (χ3v) is 3.77. The topological polar surface area (TPSA) is 88.1 Å². The molecule has 24 heavy (non-hydrogen) atoms. The molecule has 0 aromatic heterocycles. The van der Waals surface area contributed by atoms with Crippen LogP contribution in [-0.4, -0.2) is 55.3 Å². The predicted molar refractivity (Wildman–Crippen MR) is 89.0 cm³/mol. The van der Waals surface area contributed by atoms with E-state index in [1.54, 1.807) is 18.2 Å². The molecule has 1 aromatic carbocycles. The first-order valence-corrected chi connectivity index (χ1v) is 7.81. The van der Waals surface area contributed by atoms with Crippen LogP contribution >= 0.6 is 11.6 Å². The van der Waals surface area contributed by atoms with Gasteiger partial charge in [-0.25, -0.2) is 4.79 Å². The molecule has 1 aliphatic rings. The van der Waals surface area contributed by atoms with Gasteiger partial charge in [0.25, 0.3) is 5.91 Å². The van der Waals surface area contributed by atoms with Crippen molar-refractivity contribution in [1.29, 1.82) is 0 Å². The van der Waals surface area contributed by atoms with E-state index in [1.807, 2.05) is 6.92 Å². The summed E-state index contributed by atoms with van der Waals surface area (Å²) in [6.07, 6.45) is 0. The highest BCUT2D eigenvalue weighted by atomic mass is 35.5. The highest BCUT2D eigenvalue weighted by molar-refractivity contribution is 6.32. The van der Waals surface area contributed by atoms with Gasteiger partial charge in [-0.2, -0.15) is 0 Å². The van der Waals surface area contributed by atoms with Crippen molar-refractivity contribution in [2.24, 2.45) is 0 Å². The van der Waals surface area contributed by atoms with Crippen LogP contribution in [0.5, 0.6) is 5.75 Å². The molecule has 2 rings (SSSR count). The van der Waals surface area contributed by atoms with Gasteiger partial charge in [-0.1, -0.05) is 17.7 Å². The molecule has 0 atom stereocenters. The van der Waals surface area contributed by atoms with E-state index in [2.05, 4.69) is 5.32 Å². The van der Waals surface area contributed by atoms with Crippen LogP contribution in [0.25, 0.3) is 0 Å². The fraction of sp³-hybridized carbons (Fsp3) is 0.375. The first kappa shape index (κ1) is 18.1. The standard InChI is InChI=1S/C16H19ClN2O5/c1-3-24-14-11(17)5-4-6-12(14)18-13-10(16(22)23-2)9-19(7-8-20)15(13)21/h4-6,18,20H,3,7-9H2,1-2H3. The largest absolute Gasteiger partial charge is 0.490 e. The molecule has 1 aliphatic heterocycles. The molecular weight excluding hydrogens is 336 g/mol. The number of rotatable bonds is 7. The summed E-state index contributed by atoms with van der Waals surface area (Å²) >= 11 is 6.13. The van der Waals surface area contributed by atoms with Gasteiger partial charge in [-0.15, -0.1) is 0 Å². The average molecular weight is 355 g/mol. The number of hydrogen-bond acceptors (Lipinski definition) is 6. The van der Waals surface area contributed by atoms with E-state index in [4.69, 9.17) is 26.2 Å². The second kappa shape index (κ2) is 8.03. The van der Waals surface area contributed by atoms with Gasteiger partial charge in [-0.3, -0.25) is 4.79 Å². The number of nitrogens with one attached hydrogen (secondary N) is 1. The lowest BCUT2D eigenvalue weighted by molar-refractivity contribution is -0.136. The Labute approximate surface area is 144 Å². The van der Waals surface area contributed by atoms with Gasteiger partial charge in [0.15, 0.2) is 5.75 Å². The predicted octanol–water partition coefficient (Wildman–Crippen LogP) is 1.41. The van der Waals surface area contributed by atoms with E-state index in [-0.39, 0.29) is 31.0 Å². The Morgan fingerprint density at radius 1 is 1.46 bits per heavy atom. The number of esters is 1. The van der Waals surface area contributed by atoms with Crippen molar-refractivity contribution in [2.75, 3.05) is 38.7 Å². The monoisotopic (exact) mass is 354 g/mol. The Bertz CT molecular complexity index is 674. The average Bonchev–Trinajstić information content (AvgIpc) is 2.87. The van der Waals surface area contributed by atoms with Crippen LogP contribution in [-0.2, 0) is 14.3 Å². The molecule has 7 nitrogen and oxygen atoms in total. The number of aliphatic hydroxyl groups excluding tert-OH is 1. The zero-order valence-corrected chi connectivity index (χ0v) is 14.2. The molecule has 8 heteroatoms. The van der Waals surface area contributed by atoms with E-state index < -0.39 is 11.9 Å². The number of nitrogens with zero attached hydrogens (tertiary/aromatic N) is 1. The lowest BCUT2D eigenvalue weighted by Gasteiger charge is -2.16. The third kappa shape index (κ3) is 3.63. The Morgan fingerprint density at radius 2 is 2.21 bits per heavy atom. The van der Waals surface area contributed by atoms with Crippen LogP contribution < -0.4 is 10.1 Å². The Hall–Kier alpha value is -2.25. The van der Waals surface area contributed by atoms with Crippen LogP contribution in [0.15, 0.2) is 29.5 Å². The van der Waals surface area contributed by atoms with Crippen molar-refractivity contribution in [1.82, 2.24) is 4.90 Å². The molecule has 1 heterocycles. The number of ether oxygens (including phenoxy) is 2. The third-order valence-electron chi connectivity index (χ3n) is 3.47. The number of carbonyl (C=O) groups excluding carboxylic acids is 2. The molecule has 1 amide bonds. The summed E-state index contributed by atoms with van der Waals surface area (Å²) in [6, 6.07) is 5.07. The van der Waals surface area contributed by atoms with Gasteiger partial charge in [0.2, 0.25) is 0 Å². The molecule has 0 fully saturated rings. The van der Waals surface area contributed by atoms with Crippen LogP contribution in [0.2, 0.25) is 5.02 Å². The number of methoxy groups -OCH3 is 1. The molecule has 2 N–H and O–H groups in total. The van der Waals surface area contributed by atoms with Crippen molar-refractivity contribution < 1.29 is 24.2 Å². The van der Waals surface area contributed by atoms with Gasteiger partial charge in [0.05, 0.1) is 43.2 Å². The lowest BCUT2D eigenvalue weighted by Crippen LogP contribution is -2.31. The number of aliphatic hydroxyl groups is 1. The molecule has 130 valence electrons. The zero-order chi connectivity index (χ0) is 17.7. The SMILES string of the molecule is CCOc1c(Cl)cccc1NC1=C(C(=O)OC)CN(CCO)C1=O. The summed E-state index contributed by atoms with van der Waals surface area (Å²) in [5.41, 5.74) is 0.761. The lowest BCUT2D eigenvalue weighted by atomic mass is 10.2. The van der Waals surface area contributed by atoms with Gasteiger partial charge >= 0.3 is 5.97 Å². The number of halogens is 1. The molecule has 0 aliphatic carbocycles. The van der Waals surface area contributed by atoms with E-state index in [9.17, 15) is 9.59 Å². The molecule has 1 aromatic rings. The van der Waals surface area contributed by atoms with Crippen molar-refractivity contribution in [3.8, 4) is 5.75 Å². The summed E-state index contributed by atoms with van der Waals surface area (Å²) in [5, 5.41) is 12.4. The number of amides is 1. The number of β-amino-alcohol motifs (C(OH)–C–C–N with tert-alkyl or cyclic N) is 1. The summed E-state index contributed by atoms with van der Waals surface area (Å²) in [7, 11) is 1.25. The van der Waals surface area contributed by atoms with Crippen LogP contribution in [0.3, 0.4) is 0 Å². The van der Waals surface area contributed by atoms with Crippen molar-refractivity contribution in [3.05, 3.63) is 34.5 Å². The van der Waals surface area contributed by atoms with Gasteiger partial charge in [-0.05, 0) is 19.1 Å². The Kier molecular flexibility index (Phi) is 6.05. The number of anilines is 1.